The van der Waals surface area contributed by atoms with E-state index in [9.17, 15) is 0 Å². The second kappa shape index (κ2) is 3.63. The second-order valence-corrected chi connectivity index (χ2v) is 3.06. The Balaban J connectivity index is 2.22. The number of hydrogen-bond acceptors (Lipinski definition) is 4. The third-order valence-electron chi connectivity index (χ3n) is 2.12. The molecule has 5 heteroatoms. The summed E-state index contributed by atoms with van der Waals surface area (Å²) in [5.74, 6) is 1.40. The monoisotopic (exact) mass is 193 g/mol. The molecule has 0 unspecified atom stereocenters. The Bertz CT molecular complexity index is 419. The van der Waals surface area contributed by atoms with Gasteiger partial charge in [-0.1, -0.05) is 0 Å². The minimum Gasteiger partial charge on any atom is -0.467 e. The average Bonchev–Trinajstić information content (AvgIpc) is 2.77. The van der Waals surface area contributed by atoms with E-state index in [-0.39, 0.29) is 6.61 Å². The van der Waals surface area contributed by atoms with Crippen molar-refractivity contribution in [3.8, 4) is 0 Å². The molecule has 0 amide bonds. The molecular formula is C9H11N3O2. The Morgan fingerprint density at radius 1 is 1.57 bits per heavy atom. The van der Waals surface area contributed by atoms with Gasteiger partial charge in [0, 0.05) is 0 Å². The number of aliphatic hydroxyl groups is 1. The molecule has 0 saturated heterocycles. The predicted molar refractivity (Wildman–Crippen MR) is 48.5 cm³/mol. The van der Waals surface area contributed by atoms with Crippen LogP contribution in [0.4, 0.5) is 0 Å². The molecule has 74 valence electrons. The van der Waals surface area contributed by atoms with E-state index in [2.05, 4.69) is 10.2 Å². The van der Waals surface area contributed by atoms with Crippen molar-refractivity contribution in [2.75, 3.05) is 0 Å². The van der Waals surface area contributed by atoms with Crippen LogP contribution in [-0.4, -0.2) is 19.9 Å². The van der Waals surface area contributed by atoms with Gasteiger partial charge in [0.1, 0.15) is 18.7 Å². The van der Waals surface area contributed by atoms with Gasteiger partial charge in [-0.05, 0) is 18.6 Å². The van der Waals surface area contributed by atoms with Crippen LogP contribution in [0, 0.1) is 6.92 Å². The highest BCUT2D eigenvalue weighted by atomic mass is 16.3. The number of aryl methyl sites for hydroxylation is 1. The highest BCUT2D eigenvalue weighted by Crippen LogP contribution is 2.11. The first kappa shape index (κ1) is 8.96. The third-order valence-corrected chi connectivity index (χ3v) is 2.12. The molecule has 0 bridgehead atoms. The molecule has 1 N–H and O–H groups in total. The fraction of sp³-hybridized carbons (Fsp3) is 0.333. The molecule has 0 aliphatic carbocycles. The first-order valence-corrected chi connectivity index (χ1v) is 4.32. The van der Waals surface area contributed by atoms with E-state index in [1.807, 2.05) is 13.0 Å². The van der Waals surface area contributed by atoms with Gasteiger partial charge in [0.2, 0.25) is 0 Å². The van der Waals surface area contributed by atoms with E-state index >= 15 is 0 Å². The van der Waals surface area contributed by atoms with Gasteiger partial charge in [-0.15, -0.1) is 10.2 Å². The Labute approximate surface area is 81.0 Å². The molecule has 0 spiro atoms. The van der Waals surface area contributed by atoms with E-state index in [0.29, 0.717) is 12.4 Å². The molecule has 14 heavy (non-hydrogen) atoms. The largest absolute Gasteiger partial charge is 0.467 e. The summed E-state index contributed by atoms with van der Waals surface area (Å²) in [6.07, 6.45) is 3.22. The number of aromatic nitrogens is 3. The van der Waals surface area contributed by atoms with Crippen LogP contribution in [0.2, 0.25) is 0 Å². The van der Waals surface area contributed by atoms with Crippen LogP contribution in [-0.2, 0) is 13.2 Å². The van der Waals surface area contributed by atoms with E-state index in [0.717, 1.165) is 11.3 Å². The minimum atomic E-state index is -0.111. The Kier molecular flexibility index (Phi) is 2.32. The summed E-state index contributed by atoms with van der Waals surface area (Å²) in [6.45, 7) is 2.42. The molecule has 0 radical (unpaired) electrons. The molecule has 5 nitrogen and oxygen atoms in total. The molecule has 0 fully saturated rings. The molecule has 2 heterocycles. The van der Waals surface area contributed by atoms with Crippen LogP contribution in [0.5, 0.6) is 0 Å². The molecule has 0 atom stereocenters. The van der Waals surface area contributed by atoms with Gasteiger partial charge in [-0.2, -0.15) is 0 Å². The molecule has 0 saturated carbocycles. The quantitative estimate of drug-likeness (QED) is 0.780. The smallest absolute Gasteiger partial charge is 0.159 e. The van der Waals surface area contributed by atoms with Crippen molar-refractivity contribution >= 4 is 0 Å². The number of nitrogens with zero attached hydrogens (tertiary/aromatic N) is 3. The van der Waals surface area contributed by atoms with Crippen LogP contribution in [0.1, 0.15) is 17.1 Å². The van der Waals surface area contributed by atoms with Crippen molar-refractivity contribution in [1.29, 1.82) is 0 Å². The summed E-state index contributed by atoms with van der Waals surface area (Å²) in [5.41, 5.74) is 1.09. The Morgan fingerprint density at radius 2 is 2.43 bits per heavy atom. The molecular weight excluding hydrogens is 182 g/mol. The highest BCUT2D eigenvalue weighted by Gasteiger charge is 2.07. The third kappa shape index (κ3) is 1.54. The van der Waals surface area contributed by atoms with Gasteiger partial charge < -0.3 is 14.1 Å². The van der Waals surface area contributed by atoms with E-state index < -0.39 is 0 Å². The van der Waals surface area contributed by atoms with Crippen molar-refractivity contribution < 1.29 is 9.52 Å². The fourth-order valence-corrected chi connectivity index (χ4v) is 1.25. The molecule has 0 aliphatic rings. The summed E-state index contributed by atoms with van der Waals surface area (Å²) in [4.78, 5) is 0. The van der Waals surface area contributed by atoms with Gasteiger partial charge in [-0.3, -0.25) is 0 Å². The van der Waals surface area contributed by atoms with Crippen molar-refractivity contribution in [3.05, 3.63) is 35.8 Å². The van der Waals surface area contributed by atoms with Crippen molar-refractivity contribution in [3.63, 3.8) is 0 Å². The summed E-state index contributed by atoms with van der Waals surface area (Å²) in [6, 6.07) is 1.90. The lowest BCUT2D eigenvalue weighted by Crippen LogP contribution is -2.04. The van der Waals surface area contributed by atoms with E-state index in [1.165, 1.54) is 0 Å². The maximum Gasteiger partial charge on any atom is 0.159 e. The fourth-order valence-electron chi connectivity index (χ4n) is 1.25. The van der Waals surface area contributed by atoms with Crippen LogP contribution in [0.3, 0.4) is 0 Å². The van der Waals surface area contributed by atoms with Crippen molar-refractivity contribution in [2.45, 2.75) is 20.1 Å². The molecule has 0 aliphatic heterocycles. The second-order valence-electron chi connectivity index (χ2n) is 3.06. The molecule has 0 aromatic carbocycles. The lowest BCUT2D eigenvalue weighted by atomic mass is 10.3. The zero-order chi connectivity index (χ0) is 9.97. The number of rotatable bonds is 3. The number of aliphatic hydroxyl groups excluding tert-OH is 1. The van der Waals surface area contributed by atoms with Gasteiger partial charge in [0.05, 0.1) is 12.8 Å². The lowest BCUT2D eigenvalue weighted by molar-refractivity contribution is 0.264. The van der Waals surface area contributed by atoms with Crippen molar-refractivity contribution in [1.82, 2.24) is 14.8 Å². The SMILES string of the molecule is Cc1ccoc1Cn1cnnc1CO. The summed E-state index contributed by atoms with van der Waals surface area (Å²) >= 11 is 0. The normalized spacial score (nSPS) is 10.7. The average molecular weight is 193 g/mol. The number of furan rings is 1. The zero-order valence-corrected chi connectivity index (χ0v) is 7.84. The summed E-state index contributed by atoms with van der Waals surface area (Å²) < 4.78 is 7.03. The van der Waals surface area contributed by atoms with E-state index in [4.69, 9.17) is 9.52 Å². The summed E-state index contributed by atoms with van der Waals surface area (Å²) in [5, 5.41) is 16.4. The standard InChI is InChI=1S/C9H11N3O2/c1-7-2-3-14-8(7)4-12-6-10-11-9(12)5-13/h2-3,6,13H,4-5H2,1H3. The lowest BCUT2D eigenvalue weighted by Gasteiger charge is -2.02. The van der Waals surface area contributed by atoms with E-state index in [1.54, 1.807) is 17.2 Å². The van der Waals surface area contributed by atoms with Gasteiger partial charge in [0.25, 0.3) is 0 Å². The zero-order valence-electron chi connectivity index (χ0n) is 7.84. The Hall–Kier alpha value is -1.62. The van der Waals surface area contributed by atoms with Crippen molar-refractivity contribution in [2.24, 2.45) is 0 Å². The molecule has 2 aromatic heterocycles. The van der Waals surface area contributed by atoms with Crippen LogP contribution < -0.4 is 0 Å². The number of hydrogen-bond donors (Lipinski definition) is 1. The van der Waals surface area contributed by atoms with Gasteiger partial charge in [-0.25, -0.2) is 0 Å². The molecule has 2 aromatic rings. The maximum atomic E-state index is 8.95. The Morgan fingerprint density at radius 3 is 3.07 bits per heavy atom. The minimum absolute atomic E-state index is 0.111. The first-order chi connectivity index (χ1) is 6.81. The maximum absolute atomic E-state index is 8.95. The first-order valence-electron chi connectivity index (χ1n) is 4.32. The topological polar surface area (TPSA) is 64.1 Å². The predicted octanol–water partition coefficient (Wildman–Crippen LogP) is 0.720. The van der Waals surface area contributed by atoms with Gasteiger partial charge >= 0.3 is 0 Å². The van der Waals surface area contributed by atoms with Crippen LogP contribution in [0.25, 0.3) is 0 Å². The summed E-state index contributed by atoms with van der Waals surface area (Å²) in [7, 11) is 0. The van der Waals surface area contributed by atoms with Crippen LogP contribution >= 0.6 is 0 Å². The van der Waals surface area contributed by atoms with Gasteiger partial charge in [0.15, 0.2) is 5.82 Å². The highest BCUT2D eigenvalue weighted by molar-refractivity contribution is 5.15. The molecule has 2 rings (SSSR count). The van der Waals surface area contributed by atoms with Crippen LogP contribution in [0.15, 0.2) is 23.1 Å².